The van der Waals surface area contributed by atoms with E-state index in [1.807, 2.05) is 6.92 Å². The average Bonchev–Trinajstić information content (AvgIpc) is 3.01. The van der Waals surface area contributed by atoms with Gasteiger partial charge in [-0.2, -0.15) is 0 Å². The summed E-state index contributed by atoms with van der Waals surface area (Å²) in [4.78, 5) is 62.3. The van der Waals surface area contributed by atoms with Crippen molar-refractivity contribution in [1.82, 2.24) is 4.90 Å². The van der Waals surface area contributed by atoms with E-state index >= 15 is 0 Å². The number of amides is 3. The molecule has 1 aromatic carbocycles. The normalized spacial score (nSPS) is 24.3. The van der Waals surface area contributed by atoms with Crippen molar-refractivity contribution < 1.29 is 33.4 Å². The van der Waals surface area contributed by atoms with Gasteiger partial charge in [-0.3, -0.25) is 24.1 Å². The molecule has 0 radical (unpaired) electrons. The summed E-state index contributed by atoms with van der Waals surface area (Å²) in [5.74, 6) is -3.55. The van der Waals surface area contributed by atoms with Crippen LogP contribution in [0.1, 0.15) is 36.5 Å². The van der Waals surface area contributed by atoms with Crippen molar-refractivity contribution in [3.05, 3.63) is 29.8 Å². The van der Waals surface area contributed by atoms with Crippen molar-refractivity contribution in [2.24, 2.45) is 11.8 Å². The number of carbonyl (C=O) groups excluding carboxylic acids is 5. The maximum absolute atomic E-state index is 12.6. The average molecular weight is 588 g/mol. The molecule has 3 amide bonds. The molecule has 4 atom stereocenters. The molecule has 1 aliphatic heterocycles. The Labute approximate surface area is 207 Å². The van der Waals surface area contributed by atoms with Gasteiger partial charge in [0, 0.05) is 15.3 Å². The van der Waals surface area contributed by atoms with Gasteiger partial charge < -0.3 is 14.8 Å². The lowest BCUT2D eigenvalue weighted by Crippen LogP contribution is -2.37. The molecule has 11 heteroatoms. The third-order valence-electron chi connectivity index (χ3n) is 5.50. The van der Waals surface area contributed by atoms with Crippen LogP contribution in [0.25, 0.3) is 0 Å². The van der Waals surface area contributed by atoms with Crippen LogP contribution in [-0.4, -0.2) is 64.0 Å². The topological polar surface area (TPSA) is 119 Å². The number of benzene rings is 1. The van der Waals surface area contributed by atoms with E-state index in [-0.39, 0.29) is 21.5 Å². The van der Waals surface area contributed by atoms with Gasteiger partial charge in [-0.1, -0.05) is 38.8 Å². The third-order valence-corrected chi connectivity index (χ3v) is 8.23. The van der Waals surface area contributed by atoms with Crippen LogP contribution in [0.15, 0.2) is 24.3 Å². The standard InChI is InChI=1S/C22H24Br2N2O7/c1-2-7-32-22(31)12-3-5-13(6-4-12)25-18(27)11-33-19(28)10-26-20(29)14-8-16(23)17(24)9-15(14)21(26)30/h3-6,14-17H,2,7-11H2,1H3,(H,25,27)/t14-,15-,16+,17+/m1/s1. The molecule has 33 heavy (non-hydrogen) atoms. The first-order valence-corrected chi connectivity index (χ1v) is 12.4. The van der Waals surface area contributed by atoms with E-state index in [4.69, 9.17) is 9.47 Å². The highest BCUT2D eigenvalue weighted by Crippen LogP contribution is 2.43. The number of alkyl halides is 2. The van der Waals surface area contributed by atoms with Crippen molar-refractivity contribution in [1.29, 1.82) is 0 Å². The Morgan fingerprint density at radius 2 is 1.58 bits per heavy atom. The largest absolute Gasteiger partial charge is 0.462 e. The number of halogens is 2. The summed E-state index contributed by atoms with van der Waals surface area (Å²) < 4.78 is 9.98. The monoisotopic (exact) mass is 586 g/mol. The second-order valence-electron chi connectivity index (χ2n) is 7.90. The summed E-state index contributed by atoms with van der Waals surface area (Å²) in [6.45, 7) is 1.12. The molecule has 1 N–H and O–H groups in total. The van der Waals surface area contributed by atoms with E-state index < -0.39 is 42.8 Å². The number of likely N-dealkylation sites (tertiary alicyclic amines) is 1. The van der Waals surface area contributed by atoms with Crippen molar-refractivity contribution in [3.8, 4) is 0 Å². The molecular weight excluding hydrogens is 564 g/mol. The predicted octanol–water partition coefficient (Wildman–Crippen LogP) is 2.66. The Morgan fingerprint density at radius 1 is 1.00 bits per heavy atom. The Bertz CT molecular complexity index is 909. The minimum absolute atomic E-state index is 0.0714. The lowest BCUT2D eigenvalue weighted by Gasteiger charge is -2.29. The lowest BCUT2D eigenvalue weighted by molar-refractivity contribution is -0.154. The number of hydrogen-bond donors (Lipinski definition) is 1. The van der Waals surface area contributed by atoms with Crippen LogP contribution in [-0.2, 0) is 28.7 Å². The van der Waals surface area contributed by atoms with E-state index in [1.165, 1.54) is 24.3 Å². The molecule has 3 rings (SSSR count). The van der Waals surface area contributed by atoms with Crippen LogP contribution in [0.2, 0.25) is 0 Å². The molecule has 0 bridgehead atoms. The molecule has 0 unspecified atom stereocenters. The number of anilines is 1. The highest BCUT2D eigenvalue weighted by Gasteiger charge is 2.52. The lowest BCUT2D eigenvalue weighted by atomic mass is 9.81. The molecule has 1 saturated carbocycles. The van der Waals surface area contributed by atoms with E-state index in [1.54, 1.807) is 0 Å². The van der Waals surface area contributed by atoms with Gasteiger partial charge in [0.2, 0.25) is 11.8 Å². The second-order valence-corrected chi connectivity index (χ2v) is 10.3. The van der Waals surface area contributed by atoms with Gasteiger partial charge in [0.1, 0.15) is 6.54 Å². The Morgan fingerprint density at radius 3 is 2.12 bits per heavy atom. The summed E-state index contributed by atoms with van der Waals surface area (Å²) in [5, 5.41) is 2.54. The highest BCUT2D eigenvalue weighted by atomic mass is 79.9. The van der Waals surface area contributed by atoms with Gasteiger partial charge in [-0.25, -0.2) is 4.79 Å². The first kappa shape index (κ1) is 25.4. The molecule has 2 fully saturated rings. The predicted molar refractivity (Wildman–Crippen MR) is 125 cm³/mol. The number of imide groups is 1. The first-order valence-electron chi connectivity index (χ1n) is 10.6. The van der Waals surface area contributed by atoms with Crippen molar-refractivity contribution in [2.75, 3.05) is 25.1 Å². The van der Waals surface area contributed by atoms with Crippen LogP contribution < -0.4 is 5.32 Å². The second kappa shape index (κ2) is 11.2. The van der Waals surface area contributed by atoms with E-state index in [0.717, 1.165) is 4.90 Å². The molecule has 0 aromatic heterocycles. The van der Waals surface area contributed by atoms with Crippen LogP contribution >= 0.6 is 31.9 Å². The van der Waals surface area contributed by atoms with Crippen LogP contribution in [0.4, 0.5) is 5.69 Å². The number of fused-ring (bicyclic) bond motifs is 1. The van der Waals surface area contributed by atoms with E-state index in [2.05, 4.69) is 37.2 Å². The first-order chi connectivity index (χ1) is 15.7. The van der Waals surface area contributed by atoms with Crippen molar-refractivity contribution in [3.63, 3.8) is 0 Å². The summed E-state index contributed by atoms with van der Waals surface area (Å²) >= 11 is 7.02. The van der Waals surface area contributed by atoms with Crippen molar-refractivity contribution >= 4 is 67.2 Å². The van der Waals surface area contributed by atoms with Gasteiger partial charge in [0.25, 0.3) is 5.91 Å². The number of rotatable bonds is 8. The molecule has 1 saturated heterocycles. The smallest absolute Gasteiger partial charge is 0.338 e. The molecule has 1 aliphatic carbocycles. The zero-order valence-corrected chi connectivity index (χ0v) is 21.1. The molecular formula is C22H24Br2N2O7. The SMILES string of the molecule is CCCOC(=O)c1ccc(NC(=O)COC(=O)CN2C(=O)[C@@H]3C[C@H](Br)[C@@H](Br)C[C@H]3C2=O)cc1. The Hall–Kier alpha value is -2.27. The van der Waals surface area contributed by atoms with Gasteiger partial charge in [-0.05, 0) is 43.5 Å². The fourth-order valence-corrected chi connectivity index (χ4v) is 5.04. The molecule has 178 valence electrons. The number of esters is 2. The number of nitrogens with zero attached hydrogens (tertiary/aromatic N) is 1. The molecule has 1 heterocycles. The highest BCUT2D eigenvalue weighted by molar-refractivity contribution is 9.12. The maximum Gasteiger partial charge on any atom is 0.338 e. The molecule has 0 spiro atoms. The zero-order valence-electron chi connectivity index (χ0n) is 17.9. The summed E-state index contributed by atoms with van der Waals surface area (Å²) in [6.07, 6.45) is 1.73. The quantitative estimate of drug-likeness (QED) is 0.282. The van der Waals surface area contributed by atoms with Crippen LogP contribution in [0.5, 0.6) is 0 Å². The van der Waals surface area contributed by atoms with Gasteiger partial charge in [-0.15, -0.1) is 0 Å². The Balaban J connectivity index is 1.46. The van der Waals surface area contributed by atoms with Gasteiger partial charge in [0.15, 0.2) is 6.61 Å². The Kier molecular flexibility index (Phi) is 8.63. The number of ether oxygens (including phenoxy) is 2. The minimum Gasteiger partial charge on any atom is -0.462 e. The van der Waals surface area contributed by atoms with Crippen molar-refractivity contribution in [2.45, 2.75) is 35.8 Å². The van der Waals surface area contributed by atoms with Gasteiger partial charge in [0.05, 0.1) is 24.0 Å². The van der Waals surface area contributed by atoms with Crippen LogP contribution in [0, 0.1) is 11.8 Å². The molecule has 2 aliphatic rings. The number of carbonyl (C=O) groups is 5. The number of hydrogen-bond acceptors (Lipinski definition) is 7. The zero-order chi connectivity index (χ0) is 24.1. The fourth-order valence-electron chi connectivity index (χ4n) is 3.81. The molecule has 9 nitrogen and oxygen atoms in total. The van der Waals surface area contributed by atoms with E-state index in [9.17, 15) is 24.0 Å². The molecule has 1 aromatic rings. The third kappa shape index (κ3) is 6.20. The number of nitrogens with one attached hydrogen (secondary N) is 1. The maximum atomic E-state index is 12.6. The summed E-state index contributed by atoms with van der Waals surface area (Å²) in [7, 11) is 0. The van der Waals surface area contributed by atoms with Crippen LogP contribution in [0.3, 0.4) is 0 Å². The summed E-state index contributed by atoms with van der Waals surface area (Å²) in [6, 6.07) is 6.08. The van der Waals surface area contributed by atoms with Gasteiger partial charge >= 0.3 is 11.9 Å². The minimum atomic E-state index is -0.842. The van der Waals surface area contributed by atoms with E-state index in [0.29, 0.717) is 37.1 Å². The summed E-state index contributed by atoms with van der Waals surface area (Å²) in [5.41, 5.74) is 0.761. The fraction of sp³-hybridized carbons (Fsp3) is 0.500.